The summed E-state index contributed by atoms with van der Waals surface area (Å²) in [6, 6.07) is 0. The molecule has 0 aromatic carbocycles. The van der Waals surface area contributed by atoms with E-state index in [9.17, 15) is 9.59 Å². The molecule has 1 aliphatic heterocycles. The van der Waals surface area contributed by atoms with Crippen molar-refractivity contribution in [3.05, 3.63) is 0 Å². The number of alkyl carbamates (subject to hydrolysis) is 1. The van der Waals surface area contributed by atoms with Crippen LogP contribution in [0.1, 0.15) is 32.1 Å². The molecule has 0 aromatic rings. The molecule has 2 N–H and O–H groups in total. The van der Waals surface area contributed by atoms with Crippen molar-refractivity contribution in [2.24, 2.45) is 11.8 Å². The number of ether oxygens (including phenoxy) is 1. The average molecular weight is 255 g/mol. The Morgan fingerprint density at radius 2 is 1.94 bits per heavy atom. The zero-order valence-electron chi connectivity index (χ0n) is 11.0. The Morgan fingerprint density at radius 1 is 1.22 bits per heavy atom. The molecule has 2 rings (SSSR count). The molecule has 0 radical (unpaired) electrons. The smallest absolute Gasteiger partial charge is 0.413 e. The van der Waals surface area contributed by atoms with Crippen LogP contribution in [0.4, 0.5) is 4.79 Å². The quantitative estimate of drug-likeness (QED) is 0.728. The molecule has 1 saturated carbocycles. The normalized spacial score (nSPS) is 31.3. The van der Waals surface area contributed by atoms with Gasteiger partial charge in [-0.05, 0) is 25.2 Å². The summed E-state index contributed by atoms with van der Waals surface area (Å²) >= 11 is 0. The fourth-order valence-corrected chi connectivity index (χ4v) is 3.39. The number of carbonyl (C=O) groups excluding carboxylic acids is 2. The van der Waals surface area contributed by atoms with Gasteiger partial charge in [-0.15, -0.1) is 0 Å². The molecule has 2 aliphatic rings. The van der Waals surface area contributed by atoms with E-state index < -0.39 is 6.09 Å². The fraction of sp³-hybridized carbons (Fsp3) is 0.846. The summed E-state index contributed by atoms with van der Waals surface area (Å²) in [6.07, 6.45) is 5.96. The second-order valence-corrected chi connectivity index (χ2v) is 5.51. The van der Waals surface area contributed by atoms with Gasteiger partial charge in [0, 0.05) is 5.92 Å². The molecule has 1 saturated heterocycles. The molecule has 5 nitrogen and oxygen atoms in total. The van der Waals surface area contributed by atoms with Gasteiger partial charge in [0.1, 0.15) is 0 Å². The first kappa shape index (κ1) is 13.3. The minimum atomic E-state index is -0.660. The Morgan fingerprint density at radius 3 is 2.67 bits per heavy atom. The first-order chi connectivity index (χ1) is 8.69. The van der Waals surface area contributed by atoms with E-state index in [4.69, 9.17) is 0 Å². The molecule has 18 heavy (non-hydrogen) atoms. The Kier molecular flexibility index (Phi) is 4.58. The van der Waals surface area contributed by atoms with Gasteiger partial charge < -0.3 is 9.64 Å². The number of methoxy groups -OCH3 is 1. The Hall–Kier alpha value is -1.10. The van der Waals surface area contributed by atoms with E-state index in [1.165, 1.54) is 44.1 Å². The molecular weight excluding hydrogens is 232 g/mol. The first-order valence-electron chi connectivity index (χ1n) is 6.90. The number of imide groups is 1. The average Bonchev–Trinajstić information content (AvgIpc) is 2.38. The standard InChI is InChI=1S/C13H22N2O3/c1-18-13(17)14-12(16)9-15-7-6-10-4-2-3-5-11(10)8-15/h10-11H,2-9H2,1H3,(H,14,16,17)/p+1/t10-,11+/m0/s1. The minimum Gasteiger partial charge on any atom is -0.453 e. The predicted molar refractivity (Wildman–Crippen MR) is 66.2 cm³/mol. The zero-order chi connectivity index (χ0) is 13.0. The second-order valence-electron chi connectivity index (χ2n) is 5.51. The van der Waals surface area contributed by atoms with Gasteiger partial charge in [-0.3, -0.25) is 10.1 Å². The monoisotopic (exact) mass is 255 g/mol. The molecule has 1 heterocycles. The Labute approximate surface area is 108 Å². The number of rotatable bonds is 2. The maximum atomic E-state index is 11.6. The van der Waals surface area contributed by atoms with Gasteiger partial charge in [-0.25, -0.2) is 4.79 Å². The SMILES string of the molecule is COC(=O)NC(=O)C[NH+]1CC[C@@H]2CCCC[C@@H]2C1. The third kappa shape index (κ3) is 3.45. The lowest BCUT2D eigenvalue weighted by Gasteiger charge is -2.38. The van der Waals surface area contributed by atoms with E-state index in [0.717, 1.165) is 24.9 Å². The van der Waals surface area contributed by atoms with Gasteiger partial charge >= 0.3 is 6.09 Å². The molecule has 102 valence electrons. The highest BCUT2D eigenvalue weighted by Gasteiger charge is 2.34. The maximum Gasteiger partial charge on any atom is 0.413 e. The molecule has 5 heteroatoms. The Balaban J connectivity index is 1.77. The number of piperidine rings is 1. The highest BCUT2D eigenvalue weighted by atomic mass is 16.5. The van der Waals surface area contributed by atoms with E-state index in [0.29, 0.717) is 6.54 Å². The lowest BCUT2D eigenvalue weighted by molar-refractivity contribution is -0.902. The first-order valence-corrected chi connectivity index (χ1v) is 6.90. The summed E-state index contributed by atoms with van der Waals surface area (Å²) in [4.78, 5) is 23.8. The van der Waals surface area contributed by atoms with Crippen molar-refractivity contribution < 1.29 is 19.2 Å². The van der Waals surface area contributed by atoms with Gasteiger partial charge in [0.15, 0.2) is 6.54 Å². The van der Waals surface area contributed by atoms with E-state index in [2.05, 4.69) is 10.1 Å². The van der Waals surface area contributed by atoms with Crippen LogP contribution in [0.3, 0.4) is 0 Å². The van der Waals surface area contributed by atoms with E-state index in [-0.39, 0.29) is 5.91 Å². The Bertz CT molecular complexity index is 319. The largest absolute Gasteiger partial charge is 0.453 e. The van der Waals surface area contributed by atoms with Crippen LogP contribution in [0.15, 0.2) is 0 Å². The number of nitrogens with one attached hydrogen (secondary N) is 2. The number of amides is 2. The zero-order valence-corrected chi connectivity index (χ0v) is 11.0. The summed E-state index contributed by atoms with van der Waals surface area (Å²) in [5.74, 6) is 1.44. The highest BCUT2D eigenvalue weighted by molar-refractivity contribution is 5.92. The fourth-order valence-electron chi connectivity index (χ4n) is 3.39. The predicted octanol–water partition coefficient (Wildman–Crippen LogP) is -0.0360. The number of likely N-dealkylation sites (tertiary alicyclic amines) is 1. The van der Waals surface area contributed by atoms with Crippen LogP contribution in [-0.2, 0) is 9.53 Å². The van der Waals surface area contributed by atoms with Gasteiger partial charge in [0.25, 0.3) is 5.91 Å². The number of hydrogen-bond donors (Lipinski definition) is 2. The van der Waals surface area contributed by atoms with Gasteiger partial charge in [0.05, 0.1) is 20.2 Å². The van der Waals surface area contributed by atoms with E-state index >= 15 is 0 Å². The summed E-state index contributed by atoms with van der Waals surface area (Å²) in [5.41, 5.74) is 0. The summed E-state index contributed by atoms with van der Waals surface area (Å²) in [7, 11) is 1.27. The molecule has 3 atom stereocenters. The number of quaternary nitrogens is 1. The molecule has 1 unspecified atom stereocenters. The van der Waals surface area contributed by atoms with E-state index in [1.54, 1.807) is 0 Å². The molecule has 1 aliphatic carbocycles. The number of carbonyl (C=O) groups is 2. The minimum absolute atomic E-state index is 0.230. The summed E-state index contributed by atoms with van der Waals surface area (Å²) in [5, 5.41) is 2.23. The molecule has 0 spiro atoms. The molecule has 2 fully saturated rings. The summed E-state index contributed by atoms with van der Waals surface area (Å²) < 4.78 is 4.42. The lowest BCUT2D eigenvalue weighted by atomic mass is 9.75. The van der Waals surface area contributed by atoms with Crippen LogP contribution in [-0.4, -0.2) is 38.7 Å². The highest BCUT2D eigenvalue weighted by Crippen LogP contribution is 2.32. The van der Waals surface area contributed by atoms with Crippen LogP contribution in [0.25, 0.3) is 0 Å². The van der Waals surface area contributed by atoms with Crippen LogP contribution in [0.2, 0.25) is 0 Å². The van der Waals surface area contributed by atoms with Crippen molar-refractivity contribution in [1.29, 1.82) is 0 Å². The molecular formula is C13H23N2O3+. The van der Waals surface area contributed by atoms with Crippen molar-refractivity contribution in [3.63, 3.8) is 0 Å². The third-order valence-electron chi connectivity index (χ3n) is 4.32. The van der Waals surface area contributed by atoms with Crippen molar-refractivity contribution >= 4 is 12.0 Å². The van der Waals surface area contributed by atoms with Crippen LogP contribution in [0.5, 0.6) is 0 Å². The number of fused-ring (bicyclic) bond motifs is 1. The lowest BCUT2D eigenvalue weighted by Crippen LogP contribution is -3.15. The van der Waals surface area contributed by atoms with Crippen molar-refractivity contribution in [2.75, 3.05) is 26.7 Å². The van der Waals surface area contributed by atoms with Crippen molar-refractivity contribution in [2.45, 2.75) is 32.1 Å². The third-order valence-corrected chi connectivity index (χ3v) is 4.32. The summed E-state index contributed by atoms with van der Waals surface area (Å²) in [6.45, 7) is 2.52. The topological polar surface area (TPSA) is 59.8 Å². The van der Waals surface area contributed by atoms with Gasteiger partial charge in [0.2, 0.25) is 0 Å². The van der Waals surface area contributed by atoms with Crippen molar-refractivity contribution in [3.8, 4) is 0 Å². The molecule has 2 amide bonds. The van der Waals surface area contributed by atoms with Crippen LogP contribution >= 0.6 is 0 Å². The second kappa shape index (κ2) is 6.18. The number of hydrogen-bond acceptors (Lipinski definition) is 3. The molecule has 0 aromatic heterocycles. The van der Waals surface area contributed by atoms with Crippen LogP contribution in [0, 0.1) is 11.8 Å². The van der Waals surface area contributed by atoms with Gasteiger partial charge in [-0.2, -0.15) is 0 Å². The van der Waals surface area contributed by atoms with Crippen molar-refractivity contribution in [1.82, 2.24) is 5.32 Å². The van der Waals surface area contributed by atoms with Gasteiger partial charge in [-0.1, -0.05) is 12.8 Å². The molecule has 0 bridgehead atoms. The maximum absolute atomic E-state index is 11.6. The van der Waals surface area contributed by atoms with E-state index in [1.807, 2.05) is 0 Å². The van der Waals surface area contributed by atoms with Crippen LogP contribution < -0.4 is 10.2 Å².